The van der Waals surface area contributed by atoms with Gasteiger partial charge in [0, 0.05) is 37.7 Å². The summed E-state index contributed by atoms with van der Waals surface area (Å²) in [7, 11) is 3.22. The van der Waals surface area contributed by atoms with Gasteiger partial charge in [0.05, 0.1) is 19.8 Å². The van der Waals surface area contributed by atoms with Crippen molar-refractivity contribution in [2.75, 3.05) is 34.0 Å². The third-order valence-corrected chi connectivity index (χ3v) is 5.37. The zero-order valence-corrected chi connectivity index (χ0v) is 18.3. The lowest BCUT2D eigenvalue weighted by molar-refractivity contribution is -0.134. The number of aryl methyl sites for hydroxylation is 1. The van der Waals surface area contributed by atoms with Crippen LogP contribution in [0.5, 0.6) is 11.5 Å². The second-order valence-corrected chi connectivity index (χ2v) is 7.60. The maximum atomic E-state index is 13.0. The zero-order valence-electron chi connectivity index (χ0n) is 18.3. The van der Waals surface area contributed by atoms with Crippen LogP contribution in [0.1, 0.15) is 34.8 Å². The fraction of sp³-hybridized carbons (Fsp3) is 0.417. The molecular formula is C24H30N2O5. The lowest BCUT2D eigenvalue weighted by Gasteiger charge is -2.26. The van der Waals surface area contributed by atoms with E-state index in [9.17, 15) is 9.59 Å². The van der Waals surface area contributed by atoms with Crippen molar-refractivity contribution in [1.29, 1.82) is 0 Å². The number of hydrogen-bond donors (Lipinski definition) is 1. The highest BCUT2D eigenvalue weighted by atomic mass is 16.5. The van der Waals surface area contributed by atoms with Crippen molar-refractivity contribution in [2.24, 2.45) is 0 Å². The molecule has 1 heterocycles. The largest absolute Gasteiger partial charge is 0.497 e. The van der Waals surface area contributed by atoms with E-state index in [2.05, 4.69) is 5.32 Å². The zero-order chi connectivity index (χ0) is 22.2. The Balaban J connectivity index is 1.67. The Kier molecular flexibility index (Phi) is 7.89. The molecule has 166 valence electrons. The second kappa shape index (κ2) is 10.8. The Morgan fingerprint density at radius 1 is 1.16 bits per heavy atom. The van der Waals surface area contributed by atoms with Gasteiger partial charge in [0.15, 0.2) is 0 Å². The van der Waals surface area contributed by atoms with Gasteiger partial charge in [0.2, 0.25) is 5.91 Å². The Morgan fingerprint density at radius 3 is 2.65 bits per heavy atom. The predicted molar refractivity (Wildman–Crippen MR) is 117 cm³/mol. The van der Waals surface area contributed by atoms with Crippen LogP contribution in [0.4, 0.5) is 0 Å². The molecule has 1 atom stereocenters. The highest BCUT2D eigenvalue weighted by molar-refractivity contribution is 5.94. The van der Waals surface area contributed by atoms with E-state index >= 15 is 0 Å². The molecule has 0 spiro atoms. The molecule has 2 aromatic carbocycles. The number of nitrogens with zero attached hydrogens (tertiary/aromatic N) is 1. The van der Waals surface area contributed by atoms with Crippen molar-refractivity contribution in [3.8, 4) is 11.5 Å². The number of carbonyl (C=O) groups excluding carboxylic acids is 2. The van der Waals surface area contributed by atoms with Gasteiger partial charge < -0.3 is 24.4 Å². The first-order valence-electron chi connectivity index (χ1n) is 10.5. The highest BCUT2D eigenvalue weighted by Gasteiger charge is 2.26. The van der Waals surface area contributed by atoms with Crippen molar-refractivity contribution in [1.82, 2.24) is 10.2 Å². The van der Waals surface area contributed by atoms with E-state index in [0.29, 0.717) is 50.5 Å². The molecule has 0 aliphatic carbocycles. The van der Waals surface area contributed by atoms with E-state index < -0.39 is 0 Å². The SMILES string of the molecule is COCCNC(=O)c1ccc2c(c1)CN(C(=O)CCc1ccc(OC)cc1)[C@@H](C)CO2. The smallest absolute Gasteiger partial charge is 0.251 e. The van der Waals surface area contributed by atoms with E-state index in [4.69, 9.17) is 14.2 Å². The summed E-state index contributed by atoms with van der Waals surface area (Å²) in [5.41, 5.74) is 2.46. The van der Waals surface area contributed by atoms with Crippen LogP contribution in [0, 0.1) is 0 Å². The second-order valence-electron chi connectivity index (χ2n) is 7.60. The fourth-order valence-corrected chi connectivity index (χ4v) is 3.51. The van der Waals surface area contributed by atoms with Crippen LogP contribution < -0.4 is 14.8 Å². The molecule has 0 saturated carbocycles. The minimum absolute atomic E-state index is 0.0604. The maximum absolute atomic E-state index is 13.0. The first-order chi connectivity index (χ1) is 15.0. The molecule has 1 aliphatic rings. The molecule has 3 rings (SSSR count). The number of rotatable bonds is 8. The molecule has 7 heteroatoms. The quantitative estimate of drug-likeness (QED) is 0.657. The topological polar surface area (TPSA) is 77.1 Å². The Labute approximate surface area is 183 Å². The lowest BCUT2D eigenvalue weighted by Crippen LogP contribution is -2.40. The highest BCUT2D eigenvalue weighted by Crippen LogP contribution is 2.27. The normalized spacial score (nSPS) is 15.5. The summed E-state index contributed by atoms with van der Waals surface area (Å²) in [6.07, 6.45) is 1.06. The van der Waals surface area contributed by atoms with E-state index in [1.165, 1.54) is 0 Å². The standard InChI is InChI=1S/C24H30N2O5/c1-17-16-31-22-10-7-19(24(28)25-12-13-29-2)14-20(22)15-26(17)23(27)11-6-18-4-8-21(30-3)9-5-18/h4-5,7-10,14,17H,6,11-13,15-16H2,1-3H3,(H,25,28)/t17-/m0/s1. The van der Waals surface area contributed by atoms with E-state index in [-0.39, 0.29) is 17.9 Å². The summed E-state index contributed by atoms with van der Waals surface area (Å²) in [5, 5.41) is 2.82. The van der Waals surface area contributed by atoms with Gasteiger partial charge in [-0.3, -0.25) is 9.59 Å². The minimum Gasteiger partial charge on any atom is -0.497 e. The first-order valence-corrected chi connectivity index (χ1v) is 10.5. The molecule has 0 bridgehead atoms. The summed E-state index contributed by atoms with van der Waals surface area (Å²) in [4.78, 5) is 27.2. The molecule has 7 nitrogen and oxygen atoms in total. The van der Waals surface area contributed by atoms with Crippen molar-refractivity contribution in [3.63, 3.8) is 0 Å². The van der Waals surface area contributed by atoms with Crippen molar-refractivity contribution in [2.45, 2.75) is 32.4 Å². The van der Waals surface area contributed by atoms with Crippen molar-refractivity contribution in [3.05, 3.63) is 59.2 Å². The molecule has 2 aromatic rings. The van der Waals surface area contributed by atoms with Crippen LogP contribution >= 0.6 is 0 Å². The molecule has 0 unspecified atom stereocenters. The Hall–Kier alpha value is -3.06. The molecular weight excluding hydrogens is 396 g/mol. The van der Waals surface area contributed by atoms with Gasteiger partial charge in [-0.25, -0.2) is 0 Å². The van der Waals surface area contributed by atoms with Crippen LogP contribution in [0.25, 0.3) is 0 Å². The molecule has 0 radical (unpaired) electrons. The molecule has 1 N–H and O–H groups in total. The predicted octanol–water partition coefficient (Wildman–Crippen LogP) is 2.81. The number of nitrogens with one attached hydrogen (secondary N) is 1. The van der Waals surface area contributed by atoms with Crippen molar-refractivity contribution < 1.29 is 23.8 Å². The summed E-state index contributed by atoms with van der Waals surface area (Å²) < 4.78 is 16.1. The van der Waals surface area contributed by atoms with Gasteiger partial charge in [-0.2, -0.15) is 0 Å². The maximum Gasteiger partial charge on any atom is 0.251 e. The van der Waals surface area contributed by atoms with E-state index in [1.54, 1.807) is 32.4 Å². The Morgan fingerprint density at radius 2 is 1.94 bits per heavy atom. The first kappa shape index (κ1) is 22.6. The number of carbonyl (C=O) groups is 2. The number of methoxy groups -OCH3 is 2. The summed E-state index contributed by atoms with van der Waals surface area (Å²) >= 11 is 0. The summed E-state index contributed by atoms with van der Waals surface area (Å²) in [6.45, 7) is 3.71. The number of hydrogen-bond acceptors (Lipinski definition) is 5. The lowest BCUT2D eigenvalue weighted by atomic mass is 10.1. The summed E-state index contributed by atoms with van der Waals surface area (Å²) in [6, 6.07) is 13.0. The van der Waals surface area contributed by atoms with Crippen LogP contribution in [-0.2, 0) is 22.5 Å². The molecule has 0 fully saturated rings. The van der Waals surface area contributed by atoms with Gasteiger partial charge in [0.25, 0.3) is 5.91 Å². The third-order valence-electron chi connectivity index (χ3n) is 5.37. The molecule has 1 aliphatic heterocycles. The molecule has 0 aromatic heterocycles. The van der Waals surface area contributed by atoms with Crippen LogP contribution in [0.15, 0.2) is 42.5 Å². The minimum atomic E-state index is -0.172. The van der Waals surface area contributed by atoms with Crippen LogP contribution in [0.3, 0.4) is 0 Å². The van der Waals surface area contributed by atoms with Gasteiger partial charge >= 0.3 is 0 Å². The van der Waals surface area contributed by atoms with E-state index in [0.717, 1.165) is 16.9 Å². The fourth-order valence-electron chi connectivity index (χ4n) is 3.51. The number of ether oxygens (including phenoxy) is 3. The van der Waals surface area contributed by atoms with Gasteiger partial charge in [-0.05, 0) is 49.2 Å². The van der Waals surface area contributed by atoms with Crippen LogP contribution in [-0.4, -0.2) is 56.7 Å². The van der Waals surface area contributed by atoms with Crippen LogP contribution in [0.2, 0.25) is 0 Å². The van der Waals surface area contributed by atoms with Gasteiger partial charge in [-0.15, -0.1) is 0 Å². The average molecular weight is 427 g/mol. The number of benzene rings is 2. The van der Waals surface area contributed by atoms with E-state index in [1.807, 2.05) is 36.1 Å². The number of amides is 2. The third kappa shape index (κ3) is 5.98. The Bertz CT molecular complexity index is 897. The van der Waals surface area contributed by atoms with Gasteiger partial charge in [0.1, 0.15) is 18.1 Å². The monoisotopic (exact) mass is 426 g/mol. The molecule has 2 amide bonds. The number of fused-ring (bicyclic) bond motifs is 1. The average Bonchev–Trinajstić information content (AvgIpc) is 2.96. The van der Waals surface area contributed by atoms with Gasteiger partial charge in [-0.1, -0.05) is 12.1 Å². The van der Waals surface area contributed by atoms with Crippen molar-refractivity contribution >= 4 is 11.8 Å². The molecule has 0 saturated heterocycles. The molecule has 31 heavy (non-hydrogen) atoms. The summed E-state index contributed by atoms with van der Waals surface area (Å²) in [5.74, 6) is 1.40.